The molecule has 2 heterocycles. The van der Waals surface area contributed by atoms with E-state index in [0.717, 1.165) is 45.8 Å². The zero-order valence-electron chi connectivity index (χ0n) is 13.2. The third-order valence-corrected chi connectivity index (χ3v) is 4.11. The molecule has 3 aromatic rings. The standard InChI is InChI=1S/C19H16N2O3/c1-23-13-3-5-15-17(11-13)20-9-8-18(15)24-14-4-6-16-12(10-14)2-7-19(22)21-16/h3-6,8-11H,2,7H2,1H3,(H,21,22). The van der Waals surface area contributed by atoms with Crippen molar-refractivity contribution in [2.75, 3.05) is 12.4 Å². The molecule has 0 bridgehead atoms. The molecule has 1 N–H and O–H groups in total. The largest absolute Gasteiger partial charge is 0.497 e. The zero-order valence-corrected chi connectivity index (χ0v) is 13.2. The number of nitrogens with one attached hydrogen (secondary N) is 1. The second kappa shape index (κ2) is 5.85. The van der Waals surface area contributed by atoms with Crippen molar-refractivity contribution in [3.05, 3.63) is 54.2 Å². The highest BCUT2D eigenvalue weighted by molar-refractivity contribution is 5.94. The van der Waals surface area contributed by atoms with E-state index in [4.69, 9.17) is 9.47 Å². The highest BCUT2D eigenvalue weighted by Gasteiger charge is 2.15. The Balaban J connectivity index is 1.68. The van der Waals surface area contributed by atoms with Crippen molar-refractivity contribution in [2.24, 2.45) is 0 Å². The van der Waals surface area contributed by atoms with Crippen LogP contribution in [0.3, 0.4) is 0 Å². The Hall–Kier alpha value is -3.08. The number of pyridine rings is 1. The molecule has 0 atom stereocenters. The van der Waals surface area contributed by atoms with Gasteiger partial charge in [-0.3, -0.25) is 9.78 Å². The van der Waals surface area contributed by atoms with Crippen molar-refractivity contribution >= 4 is 22.5 Å². The first-order valence-corrected chi connectivity index (χ1v) is 7.76. The van der Waals surface area contributed by atoms with Crippen LogP contribution in [-0.2, 0) is 11.2 Å². The van der Waals surface area contributed by atoms with E-state index in [1.165, 1.54) is 0 Å². The number of hydrogen-bond acceptors (Lipinski definition) is 4. The minimum atomic E-state index is 0.0604. The van der Waals surface area contributed by atoms with Crippen LogP contribution in [0, 0.1) is 0 Å². The smallest absolute Gasteiger partial charge is 0.224 e. The fraction of sp³-hybridized carbons (Fsp3) is 0.158. The first-order chi connectivity index (χ1) is 11.7. The Kier molecular flexibility index (Phi) is 3.54. The average Bonchev–Trinajstić information content (AvgIpc) is 2.61. The van der Waals surface area contributed by atoms with Gasteiger partial charge in [0.1, 0.15) is 17.2 Å². The van der Waals surface area contributed by atoms with Gasteiger partial charge in [0.05, 0.1) is 12.6 Å². The Morgan fingerprint density at radius 1 is 1.04 bits per heavy atom. The minimum absolute atomic E-state index is 0.0604. The summed E-state index contributed by atoms with van der Waals surface area (Å²) in [6.07, 6.45) is 2.96. The minimum Gasteiger partial charge on any atom is -0.497 e. The molecule has 1 aliphatic rings. The molecule has 0 unspecified atom stereocenters. The van der Waals surface area contributed by atoms with Crippen LogP contribution in [0.5, 0.6) is 17.2 Å². The molecule has 0 saturated carbocycles. The number of methoxy groups -OCH3 is 1. The number of hydrogen-bond donors (Lipinski definition) is 1. The second-order valence-corrected chi connectivity index (χ2v) is 5.66. The summed E-state index contributed by atoms with van der Waals surface area (Å²) in [4.78, 5) is 15.8. The summed E-state index contributed by atoms with van der Waals surface area (Å²) in [5.41, 5.74) is 2.77. The van der Waals surface area contributed by atoms with Gasteiger partial charge in [-0.1, -0.05) is 0 Å². The molecular weight excluding hydrogens is 304 g/mol. The lowest BCUT2D eigenvalue weighted by Crippen LogP contribution is -2.18. The number of rotatable bonds is 3. The van der Waals surface area contributed by atoms with E-state index in [9.17, 15) is 4.79 Å². The molecule has 24 heavy (non-hydrogen) atoms. The van der Waals surface area contributed by atoms with E-state index in [2.05, 4.69) is 10.3 Å². The van der Waals surface area contributed by atoms with Crippen LogP contribution in [0.4, 0.5) is 5.69 Å². The number of carbonyl (C=O) groups excluding carboxylic acids is 1. The zero-order chi connectivity index (χ0) is 16.5. The highest BCUT2D eigenvalue weighted by atomic mass is 16.5. The molecule has 4 rings (SSSR count). The third-order valence-electron chi connectivity index (χ3n) is 4.11. The quantitative estimate of drug-likeness (QED) is 0.794. The van der Waals surface area contributed by atoms with Crippen molar-refractivity contribution in [3.63, 3.8) is 0 Å². The van der Waals surface area contributed by atoms with Gasteiger partial charge >= 0.3 is 0 Å². The Morgan fingerprint density at radius 2 is 1.92 bits per heavy atom. The molecule has 120 valence electrons. The number of fused-ring (bicyclic) bond motifs is 2. The summed E-state index contributed by atoms with van der Waals surface area (Å²) in [7, 11) is 1.63. The summed E-state index contributed by atoms with van der Waals surface area (Å²) in [6.45, 7) is 0. The molecule has 0 fully saturated rings. The van der Waals surface area contributed by atoms with Crippen LogP contribution in [0.25, 0.3) is 10.9 Å². The third kappa shape index (κ3) is 2.65. The lowest BCUT2D eigenvalue weighted by molar-refractivity contribution is -0.116. The van der Waals surface area contributed by atoms with Gasteiger partial charge in [0.25, 0.3) is 0 Å². The first kappa shape index (κ1) is 14.5. The predicted molar refractivity (Wildman–Crippen MR) is 91.8 cm³/mol. The lowest BCUT2D eigenvalue weighted by Gasteiger charge is -2.18. The maximum atomic E-state index is 11.4. The topological polar surface area (TPSA) is 60.5 Å². The fourth-order valence-electron chi connectivity index (χ4n) is 2.87. The van der Waals surface area contributed by atoms with E-state index in [-0.39, 0.29) is 5.91 Å². The van der Waals surface area contributed by atoms with Gasteiger partial charge in [0.15, 0.2) is 0 Å². The number of aromatic nitrogens is 1. The fourth-order valence-corrected chi connectivity index (χ4v) is 2.87. The average molecular weight is 320 g/mol. The molecule has 0 aliphatic carbocycles. The van der Waals surface area contributed by atoms with Crippen molar-refractivity contribution in [2.45, 2.75) is 12.8 Å². The monoisotopic (exact) mass is 320 g/mol. The van der Waals surface area contributed by atoms with Crippen LogP contribution in [0.15, 0.2) is 48.7 Å². The summed E-state index contributed by atoms with van der Waals surface area (Å²) in [6, 6.07) is 13.3. The van der Waals surface area contributed by atoms with Crippen LogP contribution in [0.1, 0.15) is 12.0 Å². The number of anilines is 1. The van der Waals surface area contributed by atoms with Crippen molar-refractivity contribution in [3.8, 4) is 17.2 Å². The molecule has 1 amide bonds. The van der Waals surface area contributed by atoms with E-state index in [1.54, 1.807) is 13.3 Å². The highest BCUT2D eigenvalue weighted by Crippen LogP contribution is 2.33. The Morgan fingerprint density at radius 3 is 2.79 bits per heavy atom. The molecule has 5 heteroatoms. The van der Waals surface area contributed by atoms with E-state index in [0.29, 0.717) is 6.42 Å². The van der Waals surface area contributed by atoms with Crippen LogP contribution < -0.4 is 14.8 Å². The number of ether oxygens (including phenoxy) is 2. The molecule has 5 nitrogen and oxygen atoms in total. The number of nitrogens with zero attached hydrogens (tertiary/aromatic N) is 1. The Labute approximate surface area is 139 Å². The van der Waals surface area contributed by atoms with Crippen molar-refractivity contribution < 1.29 is 14.3 Å². The van der Waals surface area contributed by atoms with Crippen LogP contribution >= 0.6 is 0 Å². The number of benzene rings is 2. The van der Waals surface area contributed by atoms with E-state index < -0.39 is 0 Å². The molecule has 2 aromatic carbocycles. The van der Waals surface area contributed by atoms with Gasteiger partial charge in [0.2, 0.25) is 5.91 Å². The lowest BCUT2D eigenvalue weighted by atomic mass is 10.0. The van der Waals surface area contributed by atoms with Crippen LogP contribution in [0.2, 0.25) is 0 Å². The predicted octanol–water partition coefficient (Wildman–Crippen LogP) is 3.92. The van der Waals surface area contributed by atoms with Gasteiger partial charge in [-0.05, 0) is 48.4 Å². The summed E-state index contributed by atoms with van der Waals surface area (Å²) in [5, 5.41) is 3.80. The number of aryl methyl sites for hydroxylation is 1. The molecular formula is C19H16N2O3. The first-order valence-electron chi connectivity index (χ1n) is 7.76. The van der Waals surface area contributed by atoms with Gasteiger partial charge in [-0.2, -0.15) is 0 Å². The van der Waals surface area contributed by atoms with Crippen LogP contribution in [-0.4, -0.2) is 18.0 Å². The normalized spacial score (nSPS) is 13.3. The van der Waals surface area contributed by atoms with E-state index >= 15 is 0 Å². The second-order valence-electron chi connectivity index (χ2n) is 5.66. The van der Waals surface area contributed by atoms with E-state index in [1.807, 2.05) is 42.5 Å². The van der Waals surface area contributed by atoms with Gasteiger partial charge in [0, 0.05) is 29.8 Å². The number of amides is 1. The Bertz CT molecular complexity index is 937. The maximum absolute atomic E-state index is 11.4. The molecule has 1 aromatic heterocycles. The summed E-state index contributed by atoms with van der Waals surface area (Å²) in [5.74, 6) is 2.30. The van der Waals surface area contributed by atoms with Gasteiger partial charge in [-0.25, -0.2) is 0 Å². The number of carbonyl (C=O) groups is 1. The molecule has 0 spiro atoms. The summed E-state index contributed by atoms with van der Waals surface area (Å²) < 4.78 is 11.3. The van der Waals surface area contributed by atoms with Crippen molar-refractivity contribution in [1.29, 1.82) is 0 Å². The van der Waals surface area contributed by atoms with Gasteiger partial charge < -0.3 is 14.8 Å². The SMILES string of the molecule is COc1ccc2c(Oc3ccc4c(c3)CCC(=O)N4)ccnc2c1. The van der Waals surface area contributed by atoms with Crippen molar-refractivity contribution in [1.82, 2.24) is 4.98 Å². The molecule has 0 saturated heterocycles. The maximum Gasteiger partial charge on any atom is 0.224 e. The molecule has 0 radical (unpaired) electrons. The van der Waals surface area contributed by atoms with Gasteiger partial charge in [-0.15, -0.1) is 0 Å². The summed E-state index contributed by atoms with van der Waals surface area (Å²) >= 11 is 0. The molecule has 1 aliphatic heterocycles.